The van der Waals surface area contributed by atoms with E-state index in [2.05, 4.69) is 24.3 Å². The first-order chi connectivity index (χ1) is 12.8. The number of aryl methyl sites for hydroxylation is 1. The molecule has 3 aliphatic rings. The van der Waals surface area contributed by atoms with Crippen molar-refractivity contribution in [3.63, 3.8) is 0 Å². The van der Waals surface area contributed by atoms with Gasteiger partial charge in [0.05, 0.1) is 23.5 Å². The summed E-state index contributed by atoms with van der Waals surface area (Å²) in [7, 11) is -3.05. The van der Waals surface area contributed by atoms with E-state index in [1.807, 2.05) is 11.8 Å². The van der Waals surface area contributed by atoms with Gasteiger partial charge in [-0.3, -0.25) is 9.59 Å². The number of carbonyl (C=O) groups is 2. The Morgan fingerprint density at radius 1 is 1.15 bits per heavy atom. The fourth-order valence-corrected chi connectivity index (χ4v) is 6.40. The van der Waals surface area contributed by atoms with Crippen molar-refractivity contribution in [1.29, 1.82) is 0 Å². The zero-order valence-corrected chi connectivity index (χ0v) is 16.5. The molecule has 3 saturated heterocycles. The van der Waals surface area contributed by atoms with Crippen LogP contribution < -0.4 is 0 Å². The Kier molecular flexibility index (Phi) is 4.74. The second kappa shape index (κ2) is 6.93. The summed E-state index contributed by atoms with van der Waals surface area (Å²) in [6.07, 6.45) is 2.60. The Bertz CT molecular complexity index is 849. The molecule has 3 atom stereocenters. The third kappa shape index (κ3) is 3.61. The summed E-state index contributed by atoms with van der Waals surface area (Å²) in [6, 6.07) is 8.12. The number of amides is 2. The Hall–Kier alpha value is -1.89. The molecule has 1 aromatic rings. The maximum Gasteiger partial charge on any atom is 0.228 e. The Morgan fingerprint density at radius 3 is 2.56 bits per heavy atom. The minimum Gasteiger partial charge on any atom is -0.338 e. The molecule has 27 heavy (non-hydrogen) atoms. The first-order valence-electron chi connectivity index (χ1n) is 9.71. The van der Waals surface area contributed by atoms with Gasteiger partial charge in [-0.1, -0.05) is 29.8 Å². The third-order valence-electron chi connectivity index (χ3n) is 6.15. The van der Waals surface area contributed by atoms with Gasteiger partial charge in [0.2, 0.25) is 11.8 Å². The monoisotopic (exact) mass is 390 g/mol. The van der Waals surface area contributed by atoms with E-state index >= 15 is 0 Å². The summed E-state index contributed by atoms with van der Waals surface area (Å²) in [5.74, 6) is -0.222. The summed E-state index contributed by atoms with van der Waals surface area (Å²) >= 11 is 0. The highest BCUT2D eigenvalue weighted by atomic mass is 32.2. The molecule has 0 bridgehead atoms. The van der Waals surface area contributed by atoms with Crippen LogP contribution in [0.25, 0.3) is 0 Å². The lowest BCUT2D eigenvalue weighted by Crippen LogP contribution is -2.40. The fourth-order valence-electron chi connectivity index (χ4n) is 4.67. The van der Waals surface area contributed by atoms with Gasteiger partial charge in [0, 0.05) is 25.6 Å². The average Bonchev–Trinajstić information content (AvgIpc) is 3.33. The van der Waals surface area contributed by atoms with Gasteiger partial charge in [-0.15, -0.1) is 0 Å². The summed E-state index contributed by atoms with van der Waals surface area (Å²) < 4.78 is 23.5. The average molecular weight is 391 g/mol. The Morgan fingerprint density at radius 2 is 1.89 bits per heavy atom. The third-order valence-corrected chi connectivity index (χ3v) is 7.91. The quantitative estimate of drug-likeness (QED) is 0.787. The van der Waals surface area contributed by atoms with Gasteiger partial charge in [-0.05, 0) is 31.7 Å². The highest BCUT2D eigenvalue weighted by Gasteiger charge is 2.44. The van der Waals surface area contributed by atoms with Gasteiger partial charge in [-0.2, -0.15) is 0 Å². The Labute approximate surface area is 160 Å². The van der Waals surface area contributed by atoms with Crippen molar-refractivity contribution in [2.45, 2.75) is 44.7 Å². The van der Waals surface area contributed by atoms with Crippen molar-refractivity contribution >= 4 is 21.7 Å². The number of hydrogen-bond donors (Lipinski definition) is 0. The molecule has 0 N–H and O–H groups in total. The highest BCUT2D eigenvalue weighted by molar-refractivity contribution is 7.91. The van der Waals surface area contributed by atoms with E-state index in [0.717, 1.165) is 24.9 Å². The van der Waals surface area contributed by atoms with E-state index < -0.39 is 9.84 Å². The molecule has 2 amide bonds. The number of nitrogens with zero attached hydrogens (tertiary/aromatic N) is 2. The van der Waals surface area contributed by atoms with E-state index in [9.17, 15) is 18.0 Å². The van der Waals surface area contributed by atoms with Crippen LogP contribution in [0.2, 0.25) is 0 Å². The van der Waals surface area contributed by atoms with Gasteiger partial charge in [0.15, 0.2) is 9.84 Å². The van der Waals surface area contributed by atoms with Crippen LogP contribution in [-0.2, 0) is 19.4 Å². The molecule has 3 heterocycles. The minimum atomic E-state index is -3.05. The molecule has 3 unspecified atom stereocenters. The predicted octanol–water partition coefficient (Wildman–Crippen LogP) is 1.69. The van der Waals surface area contributed by atoms with Crippen LogP contribution in [0, 0.1) is 12.8 Å². The fraction of sp³-hybridized carbons (Fsp3) is 0.600. The molecule has 0 aromatic heterocycles. The molecule has 3 aliphatic heterocycles. The zero-order chi connectivity index (χ0) is 19.2. The molecule has 0 saturated carbocycles. The maximum atomic E-state index is 13.2. The second-order valence-electron chi connectivity index (χ2n) is 8.10. The van der Waals surface area contributed by atoms with Crippen LogP contribution in [0.15, 0.2) is 24.3 Å². The number of hydrogen-bond acceptors (Lipinski definition) is 4. The Balaban J connectivity index is 1.46. The lowest BCUT2D eigenvalue weighted by molar-refractivity contribution is -0.136. The SMILES string of the molecule is Cc1ccc(C2CCCN2C(=O)C2CC(=O)N(C3CCS(=O)(=O)C3)C2)cc1. The molecular weight excluding hydrogens is 364 g/mol. The van der Waals surface area contributed by atoms with Crippen LogP contribution >= 0.6 is 0 Å². The van der Waals surface area contributed by atoms with Gasteiger partial charge in [0.1, 0.15) is 0 Å². The van der Waals surface area contributed by atoms with E-state index in [0.29, 0.717) is 13.0 Å². The molecule has 7 heteroatoms. The van der Waals surface area contributed by atoms with Crippen LogP contribution in [-0.4, -0.2) is 60.7 Å². The first kappa shape index (κ1) is 18.5. The van der Waals surface area contributed by atoms with Gasteiger partial charge in [0.25, 0.3) is 0 Å². The molecule has 1 aromatic carbocycles. The number of sulfone groups is 1. The van der Waals surface area contributed by atoms with Crippen LogP contribution in [0.3, 0.4) is 0 Å². The lowest BCUT2D eigenvalue weighted by atomic mass is 10.0. The van der Waals surface area contributed by atoms with Crippen molar-refractivity contribution in [3.8, 4) is 0 Å². The van der Waals surface area contributed by atoms with Crippen molar-refractivity contribution in [2.24, 2.45) is 5.92 Å². The second-order valence-corrected chi connectivity index (χ2v) is 10.3. The smallest absolute Gasteiger partial charge is 0.228 e. The van der Waals surface area contributed by atoms with E-state index in [4.69, 9.17) is 0 Å². The number of carbonyl (C=O) groups excluding carboxylic acids is 2. The van der Waals surface area contributed by atoms with Crippen molar-refractivity contribution < 1.29 is 18.0 Å². The molecule has 6 nitrogen and oxygen atoms in total. The van der Waals surface area contributed by atoms with Crippen LogP contribution in [0.5, 0.6) is 0 Å². The van der Waals surface area contributed by atoms with Crippen molar-refractivity contribution in [3.05, 3.63) is 35.4 Å². The normalized spacial score (nSPS) is 30.3. The molecule has 0 spiro atoms. The van der Waals surface area contributed by atoms with Crippen molar-refractivity contribution in [1.82, 2.24) is 9.80 Å². The molecule has 0 radical (unpaired) electrons. The molecule has 4 rings (SSSR count). The summed E-state index contributed by atoms with van der Waals surface area (Å²) in [6.45, 7) is 3.12. The minimum absolute atomic E-state index is 0.0368. The molecular formula is C20H26N2O4S. The molecule has 3 fully saturated rings. The first-order valence-corrected chi connectivity index (χ1v) is 11.5. The topological polar surface area (TPSA) is 74.8 Å². The van der Waals surface area contributed by atoms with Crippen LogP contribution in [0.4, 0.5) is 0 Å². The van der Waals surface area contributed by atoms with Crippen LogP contribution in [0.1, 0.15) is 42.9 Å². The summed E-state index contributed by atoms with van der Waals surface area (Å²) in [5.41, 5.74) is 2.34. The maximum absolute atomic E-state index is 13.2. The predicted molar refractivity (Wildman–Crippen MR) is 102 cm³/mol. The molecule has 0 aliphatic carbocycles. The largest absolute Gasteiger partial charge is 0.338 e. The zero-order valence-electron chi connectivity index (χ0n) is 15.6. The number of benzene rings is 1. The van der Waals surface area contributed by atoms with Crippen molar-refractivity contribution in [2.75, 3.05) is 24.6 Å². The van der Waals surface area contributed by atoms with Gasteiger partial charge < -0.3 is 9.80 Å². The number of rotatable bonds is 3. The standard InChI is InChI=1S/C20H26N2O4S/c1-14-4-6-15(7-5-14)18-3-2-9-21(18)20(24)16-11-19(23)22(12-16)17-8-10-27(25,26)13-17/h4-7,16-18H,2-3,8-13H2,1H3. The summed E-state index contributed by atoms with van der Waals surface area (Å²) in [4.78, 5) is 29.2. The molecule has 146 valence electrons. The number of likely N-dealkylation sites (tertiary alicyclic amines) is 2. The van der Waals surface area contributed by atoms with E-state index in [-0.39, 0.29) is 47.7 Å². The van der Waals surface area contributed by atoms with E-state index in [1.54, 1.807) is 4.90 Å². The summed E-state index contributed by atoms with van der Waals surface area (Å²) in [5, 5.41) is 0. The van der Waals surface area contributed by atoms with Gasteiger partial charge >= 0.3 is 0 Å². The highest BCUT2D eigenvalue weighted by Crippen LogP contribution is 2.35. The van der Waals surface area contributed by atoms with Gasteiger partial charge in [-0.25, -0.2) is 8.42 Å². The lowest BCUT2D eigenvalue weighted by Gasteiger charge is -2.28. The van der Waals surface area contributed by atoms with E-state index in [1.165, 1.54) is 5.56 Å².